The minimum atomic E-state index is -0.260. The van der Waals surface area contributed by atoms with Crippen LogP contribution < -0.4 is 10.6 Å². The number of carbonyl (C=O) groups is 2. The van der Waals surface area contributed by atoms with Crippen molar-refractivity contribution in [2.45, 2.75) is 161 Å². The smallest absolute Gasteiger partial charge is 0.220 e. The van der Waals surface area contributed by atoms with E-state index in [1.54, 1.807) is 0 Å². The van der Waals surface area contributed by atoms with Gasteiger partial charge in [0.15, 0.2) is 0 Å². The molecule has 1 unspecified atom stereocenters. The Morgan fingerprint density at radius 3 is 2.00 bits per heavy atom. The predicted octanol–water partition coefficient (Wildman–Crippen LogP) is 8.32. The molecule has 0 aromatic carbocycles. The Morgan fingerprint density at radius 1 is 0.816 bits per heavy atom. The number of nitrogens with one attached hydrogen (secondary N) is 2. The zero-order valence-electron chi connectivity index (χ0n) is 25.5. The SMILES string of the molecule is CCCCCCCC/C=C\CCCCCCCC(=O)NC(C)(C)CCOC(C)CCCCC(=O)NCCS. The van der Waals surface area contributed by atoms with Gasteiger partial charge < -0.3 is 15.4 Å². The molecule has 0 radical (unpaired) electrons. The lowest BCUT2D eigenvalue weighted by Gasteiger charge is -2.27. The maximum Gasteiger partial charge on any atom is 0.220 e. The molecule has 1 atom stereocenters. The lowest BCUT2D eigenvalue weighted by molar-refractivity contribution is -0.123. The van der Waals surface area contributed by atoms with Crippen molar-refractivity contribution in [2.75, 3.05) is 18.9 Å². The average Bonchev–Trinajstić information content (AvgIpc) is 2.87. The van der Waals surface area contributed by atoms with Gasteiger partial charge in [-0.15, -0.1) is 0 Å². The van der Waals surface area contributed by atoms with Gasteiger partial charge in [-0.2, -0.15) is 12.6 Å². The first kappa shape index (κ1) is 37.0. The molecule has 2 amide bonds. The number of thiol groups is 1. The highest BCUT2D eigenvalue weighted by atomic mass is 32.1. The number of rotatable bonds is 27. The second-order valence-electron chi connectivity index (χ2n) is 11.5. The number of hydrogen-bond donors (Lipinski definition) is 3. The maximum atomic E-state index is 12.4. The standard InChI is InChI=1S/C32H62N2O3S/c1-5-6-7-8-9-10-11-12-13-14-15-16-17-18-19-24-31(36)34-32(3,4)25-27-37-29(2)22-20-21-23-30(35)33-26-28-38/h12-13,29,38H,5-11,14-28H2,1-4H3,(H,33,35)(H,34,36)/b13-12-. The van der Waals surface area contributed by atoms with Crippen LogP contribution in [0.15, 0.2) is 12.2 Å². The Morgan fingerprint density at radius 2 is 1.37 bits per heavy atom. The number of unbranched alkanes of at least 4 members (excludes halogenated alkanes) is 12. The first-order chi connectivity index (χ1) is 18.3. The number of carbonyl (C=O) groups excluding carboxylic acids is 2. The molecule has 0 saturated heterocycles. The molecule has 0 aromatic heterocycles. The van der Waals surface area contributed by atoms with E-state index in [4.69, 9.17) is 4.74 Å². The average molecular weight is 555 g/mol. The highest BCUT2D eigenvalue weighted by Gasteiger charge is 2.20. The van der Waals surface area contributed by atoms with E-state index in [1.165, 1.54) is 70.6 Å². The summed E-state index contributed by atoms with van der Waals surface area (Å²) in [7, 11) is 0. The zero-order valence-corrected chi connectivity index (χ0v) is 26.4. The van der Waals surface area contributed by atoms with Gasteiger partial charge in [-0.25, -0.2) is 0 Å². The van der Waals surface area contributed by atoms with Gasteiger partial charge in [0, 0.05) is 37.3 Å². The molecular weight excluding hydrogens is 492 g/mol. The van der Waals surface area contributed by atoms with Gasteiger partial charge >= 0.3 is 0 Å². The van der Waals surface area contributed by atoms with Crippen LogP contribution >= 0.6 is 12.6 Å². The molecule has 0 bridgehead atoms. The van der Waals surface area contributed by atoms with Crippen LogP contribution in [0.5, 0.6) is 0 Å². The van der Waals surface area contributed by atoms with E-state index in [-0.39, 0.29) is 23.5 Å². The van der Waals surface area contributed by atoms with Crippen molar-refractivity contribution in [1.29, 1.82) is 0 Å². The minimum Gasteiger partial charge on any atom is -0.378 e. The Balaban J connectivity index is 3.65. The summed E-state index contributed by atoms with van der Waals surface area (Å²) < 4.78 is 5.96. The first-order valence-corrected chi connectivity index (χ1v) is 16.4. The predicted molar refractivity (Wildman–Crippen MR) is 167 cm³/mol. The second-order valence-corrected chi connectivity index (χ2v) is 12.0. The molecule has 6 heteroatoms. The molecule has 0 aliphatic rings. The Hall–Kier alpha value is -1.01. The van der Waals surface area contributed by atoms with Crippen molar-refractivity contribution in [3.63, 3.8) is 0 Å². The van der Waals surface area contributed by atoms with Gasteiger partial charge in [-0.3, -0.25) is 9.59 Å². The molecule has 0 saturated carbocycles. The van der Waals surface area contributed by atoms with Crippen LogP contribution in [-0.2, 0) is 14.3 Å². The molecule has 5 nitrogen and oxygen atoms in total. The Labute approximate surface area is 241 Å². The Kier molecular flexibility index (Phi) is 25.5. The van der Waals surface area contributed by atoms with Crippen molar-refractivity contribution in [2.24, 2.45) is 0 Å². The third-order valence-corrected chi connectivity index (χ3v) is 7.19. The molecule has 2 N–H and O–H groups in total. The van der Waals surface area contributed by atoms with Crippen molar-refractivity contribution in [3.05, 3.63) is 12.2 Å². The van der Waals surface area contributed by atoms with Crippen LogP contribution in [0, 0.1) is 0 Å². The summed E-state index contributed by atoms with van der Waals surface area (Å²) in [5.74, 6) is 0.925. The van der Waals surface area contributed by atoms with Gasteiger partial charge in [0.05, 0.1) is 6.10 Å². The fourth-order valence-electron chi connectivity index (χ4n) is 4.46. The number of ether oxygens (including phenoxy) is 1. The lowest BCUT2D eigenvalue weighted by atomic mass is 10.0. The molecule has 0 aliphatic heterocycles. The molecule has 0 rings (SSSR count). The summed E-state index contributed by atoms with van der Waals surface area (Å²) in [6.45, 7) is 9.75. The first-order valence-electron chi connectivity index (χ1n) is 15.8. The third-order valence-electron chi connectivity index (χ3n) is 6.97. The summed E-state index contributed by atoms with van der Waals surface area (Å²) in [5, 5.41) is 6.02. The van der Waals surface area contributed by atoms with E-state index in [1.807, 2.05) is 0 Å². The summed E-state index contributed by atoms with van der Waals surface area (Å²) in [6.07, 6.45) is 26.2. The highest BCUT2D eigenvalue weighted by Crippen LogP contribution is 2.14. The van der Waals surface area contributed by atoms with E-state index < -0.39 is 0 Å². The van der Waals surface area contributed by atoms with E-state index in [0.29, 0.717) is 31.7 Å². The van der Waals surface area contributed by atoms with Crippen LogP contribution in [-0.4, -0.2) is 42.4 Å². The monoisotopic (exact) mass is 554 g/mol. The van der Waals surface area contributed by atoms with Gasteiger partial charge in [0.2, 0.25) is 11.8 Å². The Bertz CT molecular complexity index is 595. The quantitative estimate of drug-likeness (QED) is 0.0543. The summed E-state index contributed by atoms with van der Waals surface area (Å²) in [5.41, 5.74) is -0.260. The highest BCUT2D eigenvalue weighted by molar-refractivity contribution is 7.80. The van der Waals surface area contributed by atoms with Crippen molar-refractivity contribution >= 4 is 24.4 Å². The van der Waals surface area contributed by atoms with Gasteiger partial charge in [0.1, 0.15) is 0 Å². The largest absolute Gasteiger partial charge is 0.378 e. The molecule has 0 aliphatic carbocycles. The van der Waals surface area contributed by atoms with Gasteiger partial charge in [-0.05, 0) is 72.1 Å². The number of amides is 2. The molecule has 0 aromatic rings. The molecule has 224 valence electrons. The topological polar surface area (TPSA) is 67.4 Å². The van der Waals surface area contributed by atoms with Crippen molar-refractivity contribution in [3.8, 4) is 0 Å². The van der Waals surface area contributed by atoms with Crippen LogP contribution in [0.4, 0.5) is 0 Å². The van der Waals surface area contributed by atoms with Gasteiger partial charge in [-0.1, -0.05) is 76.9 Å². The summed E-state index contributed by atoms with van der Waals surface area (Å²) in [4.78, 5) is 24.0. The van der Waals surface area contributed by atoms with Crippen LogP contribution in [0.25, 0.3) is 0 Å². The fraction of sp³-hybridized carbons (Fsp3) is 0.875. The van der Waals surface area contributed by atoms with Crippen LogP contribution in [0.1, 0.15) is 150 Å². The third kappa shape index (κ3) is 26.6. The van der Waals surface area contributed by atoms with Gasteiger partial charge in [0.25, 0.3) is 0 Å². The maximum absolute atomic E-state index is 12.4. The molecule has 0 heterocycles. The van der Waals surface area contributed by atoms with E-state index in [9.17, 15) is 9.59 Å². The minimum absolute atomic E-state index is 0.104. The molecule has 0 fully saturated rings. The van der Waals surface area contributed by atoms with E-state index in [2.05, 4.69) is 63.1 Å². The zero-order chi connectivity index (χ0) is 28.3. The number of allylic oxidation sites excluding steroid dienone is 2. The molecule has 38 heavy (non-hydrogen) atoms. The molecular formula is C32H62N2O3S. The van der Waals surface area contributed by atoms with Crippen molar-refractivity contribution < 1.29 is 14.3 Å². The van der Waals surface area contributed by atoms with Crippen LogP contribution in [0.3, 0.4) is 0 Å². The second kappa shape index (κ2) is 26.2. The van der Waals surface area contributed by atoms with E-state index in [0.717, 1.165) is 38.5 Å². The lowest BCUT2D eigenvalue weighted by Crippen LogP contribution is -2.44. The van der Waals surface area contributed by atoms with Crippen molar-refractivity contribution in [1.82, 2.24) is 10.6 Å². The fourth-order valence-corrected chi connectivity index (χ4v) is 4.57. The molecule has 0 spiro atoms. The van der Waals surface area contributed by atoms with Crippen LogP contribution in [0.2, 0.25) is 0 Å². The summed E-state index contributed by atoms with van der Waals surface area (Å²) in [6, 6.07) is 0. The van der Waals surface area contributed by atoms with E-state index >= 15 is 0 Å². The summed E-state index contributed by atoms with van der Waals surface area (Å²) >= 11 is 4.09. The number of hydrogen-bond acceptors (Lipinski definition) is 4. The normalized spacial score (nSPS) is 12.7.